The molecule has 0 saturated carbocycles. The van der Waals surface area contributed by atoms with E-state index in [1.807, 2.05) is 6.07 Å². The Morgan fingerprint density at radius 2 is 2.13 bits per heavy atom. The van der Waals surface area contributed by atoms with Gasteiger partial charge in [-0.25, -0.2) is 4.79 Å². The fourth-order valence-electron chi connectivity index (χ4n) is 2.47. The van der Waals surface area contributed by atoms with Crippen molar-refractivity contribution in [2.75, 3.05) is 11.9 Å². The molecule has 0 aromatic heterocycles. The molecule has 1 aliphatic rings. The lowest BCUT2D eigenvalue weighted by atomic mass is 10.2. The maximum atomic E-state index is 12.5. The van der Waals surface area contributed by atoms with Crippen LogP contribution in [-0.2, 0) is 9.53 Å². The van der Waals surface area contributed by atoms with E-state index in [9.17, 15) is 9.59 Å². The summed E-state index contributed by atoms with van der Waals surface area (Å²) in [5, 5.41) is 11.7. The molecule has 23 heavy (non-hydrogen) atoms. The standard InChI is InChI=1S/C17H21N3O3/c1-17(2,3)23-16(22)20-9-5-8-14(20)15(21)19-13-7-4-6-12(10-13)11-18/h4,6-7,10,14H,5,8-9H2,1-3H3,(H,19,21)/t14-/m0/s1. The number of nitrogens with zero attached hydrogens (tertiary/aromatic N) is 2. The molecule has 0 bridgehead atoms. The van der Waals surface area contributed by atoms with Crippen LogP contribution in [0.3, 0.4) is 0 Å². The maximum absolute atomic E-state index is 12.5. The molecular weight excluding hydrogens is 294 g/mol. The summed E-state index contributed by atoms with van der Waals surface area (Å²) >= 11 is 0. The smallest absolute Gasteiger partial charge is 0.410 e. The molecule has 1 atom stereocenters. The first-order valence-electron chi connectivity index (χ1n) is 7.61. The van der Waals surface area contributed by atoms with Gasteiger partial charge >= 0.3 is 6.09 Å². The summed E-state index contributed by atoms with van der Waals surface area (Å²) in [4.78, 5) is 26.1. The normalized spacial score (nSPS) is 17.5. The van der Waals surface area contributed by atoms with Gasteiger partial charge in [0.2, 0.25) is 5.91 Å². The predicted octanol–water partition coefficient (Wildman–Crippen LogP) is 2.90. The monoisotopic (exact) mass is 315 g/mol. The second kappa shape index (κ2) is 6.69. The fourth-order valence-corrected chi connectivity index (χ4v) is 2.47. The van der Waals surface area contributed by atoms with Gasteiger partial charge in [0.05, 0.1) is 11.6 Å². The lowest BCUT2D eigenvalue weighted by Gasteiger charge is -2.28. The Kier molecular flexibility index (Phi) is 4.89. The Hall–Kier alpha value is -2.55. The zero-order valence-corrected chi connectivity index (χ0v) is 13.6. The molecule has 1 saturated heterocycles. The number of ether oxygens (including phenoxy) is 1. The van der Waals surface area contributed by atoms with Gasteiger partial charge in [-0.15, -0.1) is 0 Å². The molecule has 1 aromatic carbocycles. The molecule has 6 nitrogen and oxygen atoms in total. The summed E-state index contributed by atoms with van der Waals surface area (Å²) < 4.78 is 5.35. The summed E-state index contributed by atoms with van der Waals surface area (Å²) in [6, 6.07) is 8.16. The molecule has 0 spiro atoms. The number of amides is 2. The number of likely N-dealkylation sites (tertiary alicyclic amines) is 1. The van der Waals surface area contributed by atoms with Crippen LogP contribution in [0.15, 0.2) is 24.3 Å². The van der Waals surface area contributed by atoms with Gasteiger partial charge < -0.3 is 10.1 Å². The van der Waals surface area contributed by atoms with Crippen LogP contribution in [0.2, 0.25) is 0 Å². The van der Waals surface area contributed by atoms with Crippen molar-refractivity contribution in [2.24, 2.45) is 0 Å². The number of hydrogen-bond acceptors (Lipinski definition) is 4. The van der Waals surface area contributed by atoms with E-state index in [4.69, 9.17) is 10.00 Å². The van der Waals surface area contributed by atoms with E-state index in [0.29, 0.717) is 24.2 Å². The summed E-state index contributed by atoms with van der Waals surface area (Å²) in [7, 11) is 0. The molecule has 0 radical (unpaired) electrons. The molecule has 1 aliphatic heterocycles. The van der Waals surface area contributed by atoms with Crippen molar-refractivity contribution in [1.82, 2.24) is 4.90 Å². The molecule has 1 fully saturated rings. The third kappa shape index (κ3) is 4.46. The number of hydrogen-bond donors (Lipinski definition) is 1. The van der Waals surface area contributed by atoms with Gasteiger partial charge in [-0.3, -0.25) is 9.69 Å². The number of carbonyl (C=O) groups excluding carboxylic acids is 2. The highest BCUT2D eigenvalue weighted by atomic mass is 16.6. The zero-order chi connectivity index (χ0) is 17.0. The summed E-state index contributed by atoms with van der Waals surface area (Å²) in [6.45, 7) is 5.89. The predicted molar refractivity (Wildman–Crippen MR) is 85.7 cm³/mol. The minimum atomic E-state index is -0.595. The highest BCUT2D eigenvalue weighted by Gasteiger charge is 2.36. The van der Waals surface area contributed by atoms with Crippen LogP contribution in [0.1, 0.15) is 39.2 Å². The van der Waals surface area contributed by atoms with Crippen LogP contribution in [-0.4, -0.2) is 35.1 Å². The number of anilines is 1. The van der Waals surface area contributed by atoms with Crippen molar-refractivity contribution in [2.45, 2.75) is 45.3 Å². The van der Waals surface area contributed by atoms with Crippen LogP contribution < -0.4 is 5.32 Å². The summed E-state index contributed by atoms with van der Waals surface area (Å²) in [5.74, 6) is -0.261. The van der Waals surface area contributed by atoms with E-state index < -0.39 is 17.7 Å². The lowest BCUT2D eigenvalue weighted by Crippen LogP contribution is -2.45. The van der Waals surface area contributed by atoms with Crippen molar-refractivity contribution in [3.8, 4) is 6.07 Å². The van der Waals surface area contributed by atoms with Gasteiger partial charge in [0.1, 0.15) is 11.6 Å². The van der Waals surface area contributed by atoms with Gasteiger partial charge in [-0.05, 0) is 51.8 Å². The minimum Gasteiger partial charge on any atom is -0.444 e. The van der Waals surface area contributed by atoms with E-state index in [1.54, 1.807) is 45.0 Å². The van der Waals surface area contributed by atoms with Gasteiger partial charge in [-0.2, -0.15) is 5.26 Å². The summed E-state index contributed by atoms with van der Waals surface area (Å²) in [6.07, 6.45) is 0.888. The molecule has 0 aliphatic carbocycles. The molecule has 1 heterocycles. The van der Waals surface area contributed by atoms with Crippen LogP contribution in [0.25, 0.3) is 0 Å². The molecule has 2 rings (SSSR count). The Bertz CT molecular complexity index is 643. The largest absolute Gasteiger partial charge is 0.444 e. The van der Waals surface area contributed by atoms with E-state index >= 15 is 0 Å². The Morgan fingerprint density at radius 3 is 2.78 bits per heavy atom. The second-order valence-corrected chi connectivity index (χ2v) is 6.51. The topological polar surface area (TPSA) is 82.4 Å². The average molecular weight is 315 g/mol. The first-order valence-corrected chi connectivity index (χ1v) is 7.61. The summed E-state index contributed by atoms with van der Waals surface area (Å²) in [5.41, 5.74) is 0.422. The van der Waals surface area contributed by atoms with Crippen LogP contribution in [0.4, 0.5) is 10.5 Å². The van der Waals surface area contributed by atoms with Crippen LogP contribution in [0, 0.1) is 11.3 Å². The maximum Gasteiger partial charge on any atom is 0.410 e. The van der Waals surface area contributed by atoms with Crippen LogP contribution >= 0.6 is 0 Å². The zero-order valence-electron chi connectivity index (χ0n) is 13.6. The van der Waals surface area contributed by atoms with E-state index in [-0.39, 0.29) is 5.91 Å². The van der Waals surface area contributed by atoms with E-state index in [2.05, 4.69) is 5.32 Å². The Labute approximate surface area is 136 Å². The van der Waals surface area contributed by atoms with Crippen molar-refractivity contribution >= 4 is 17.7 Å². The van der Waals surface area contributed by atoms with Crippen molar-refractivity contribution < 1.29 is 14.3 Å². The first kappa shape index (κ1) is 16.8. The van der Waals surface area contributed by atoms with Gasteiger partial charge in [-0.1, -0.05) is 6.07 Å². The van der Waals surface area contributed by atoms with Gasteiger partial charge in [0.15, 0.2) is 0 Å². The molecule has 0 unspecified atom stereocenters. The van der Waals surface area contributed by atoms with Gasteiger partial charge in [0.25, 0.3) is 0 Å². The first-order chi connectivity index (χ1) is 10.8. The minimum absolute atomic E-state index is 0.261. The average Bonchev–Trinajstić information content (AvgIpc) is 2.95. The third-order valence-electron chi connectivity index (χ3n) is 3.44. The molecule has 2 amide bonds. The second-order valence-electron chi connectivity index (χ2n) is 6.51. The SMILES string of the molecule is CC(C)(C)OC(=O)N1CCC[C@H]1C(=O)Nc1cccc(C#N)c1. The Morgan fingerprint density at radius 1 is 1.39 bits per heavy atom. The Balaban J connectivity index is 2.05. The van der Waals surface area contributed by atoms with Crippen molar-refractivity contribution in [3.05, 3.63) is 29.8 Å². The van der Waals surface area contributed by atoms with Gasteiger partial charge in [0, 0.05) is 12.2 Å². The van der Waals surface area contributed by atoms with Crippen molar-refractivity contribution in [3.63, 3.8) is 0 Å². The quantitative estimate of drug-likeness (QED) is 0.909. The molecule has 6 heteroatoms. The molecular formula is C17H21N3O3. The van der Waals surface area contributed by atoms with Crippen LogP contribution in [0.5, 0.6) is 0 Å². The number of carbonyl (C=O) groups is 2. The molecule has 122 valence electrons. The van der Waals surface area contributed by atoms with E-state index in [1.165, 1.54) is 4.90 Å². The highest BCUT2D eigenvalue weighted by Crippen LogP contribution is 2.22. The lowest BCUT2D eigenvalue weighted by molar-refractivity contribution is -0.120. The van der Waals surface area contributed by atoms with E-state index in [0.717, 1.165) is 6.42 Å². The number of nitrogens with one attached hydrogen (secondary N) is 1. The number of rotatable bonds is 2. The third-order valence-corrected chi connectivity index (χ3v) is 3.44. The fraction of sp³-hybridized carbons (Fsp3) is 0.471. The number of benzene rings is 1. The molecule has 1 N–H and O–H groups in total. The number of nitriles is 1. The highest BCUT2D eigenvalue weighted by molar-refractivity contribution is 5.97. The molecule has 1 aromatic rings. The van der Waals surface area contributed by atoms with Crippen molar-refractivity contribution in [1.29, 1.82) is 5.26 Å².